The second kappa shape index (κ2) is 13.6. The van der Waals surface area contributed by atoms with Crippen molar-refractivity contribution in [2.24, 2.45) is 5.92 Å². The maximum absolute atomic E-state index is 13.8. The molecule has 1 aliphatic heterocycles. The largest absolute Gasteiger partial charge is 0.479 e. The van der Waals surface area contributed by atoms with Crippen molar-refractivity contribution in [3.05, 3.63) is 63.1 Å². The Morgan fingerprint density at radius 3 is 2.28 bits per heavy atom. The molecular weight excluding hydrogens is 571 g/mol. The van der Waals surface area contributed by atoms with Gasteiger partial charge in [0.1, 0.15) is 19.5 Å². The molecule has 2 aromatic rings. The van der Waals surface area contributed by atoms with Crippen molar-refractivity contribution in [2.75, 3.05) is 19.7 Å². The maximum Gasteiger partial charge on any atom is 0.410 e. The van der Waals surface area contributed by atoms with Crippen molar-refractivity contribution < 1.29 is 46.2 Å². The van der Waals surface area contributed by atoms with Crippen LogP contribution < -0.4 is 10.1 Å². The summed E-state index contributed by atoms with van der Waals surface area (Å²) in [4.78, 5) is 50.0. The van der Waals surface area contributed by atoms with Gasteiger partial charge in [-0.05, 0) is 25.0 Å². The Kier molecular flexibility index (Phi) is 10.5. The molecule has 8 nitrogen and oxygen atoms in total. The van der Waals surface area contributed by atoms with Gasteiger partial charge in [0.25, 0.3) is 0 Å². The van der Waals surface area contributed by atoms with Gasteiger partial charge in [0.15, 0.2) is 23.2 Å². The molecule has 1 unspecified atom stereocenters. The number of nitrogens with zero attached hydrogens (tertiary/aromatic N) is 1. The predicted octanol–water partition coefficient (Wildman–Crippen LogP) is 4.62. The first-order chi connectivity index (χ1) is 18.5. The molecule has 0 bridgehead atoms. The highest BCUT2D eigenvalue weighted by Gasteiger charge is 2.31. The summed E-state index contributed by atoms with van der Waals surface area (Å²) in [6.07, 6.45) is -0.300. The molecule has 1 N–H and O–H groups in total. The van der Waals surface area contributed by atoms with Crippen LogP contribution >= 0.6 is 23.2 Å². The lowest BCUT2D eigenvalue weighted by atomic mass is 9.95. The first-order valence-electron chi connectivity index (χ1n) is 11.6. The van der Waals surface area contributed by atoms with E-state index in [0.717, 1.165) is 0 Å². The molecule has 0 saturated carbocycles. The number of piperidine rings is 1. The van der Waals surface area contributed by atoms with Crippen molar-refractivity contribution in [3.63, 3.8) is 0 Å². The van der Waals surface area contributed by atoms with Gasteiger partial charge < -0.3 is 24.5 Å². The maximum atomic E-state index is 13.8. The van der Waals surface area contributed by atoms with E-state index in [9.17, 15) is 36.7 Å². The average molecular weight is 593 g/mol. The van der Waals surface area contributed by atoms with Crippen LogP contribution in [0.4, 0.5) is 22.4 Å². The van der Waals surface area contributed by atoms with Gasteiger partial charge in [-0.25, -0.2) is 13.6 Å². The molecule has 0 aromatic heterocycles. The van der Waals surface area contributed by atoms with E-state index in [1.54, 1.807) is 12.1 Å². The summed E-state index contributed by atoms with van der Waals surface area (Å²) in [6, 6.07) is 3.32. The van der Waals surface area contributed by atoms with Crippen molar-refractivity contribution in [1.29, 1.82) is 0 Å². The average Bonchev–Trinajstić information content (AvgIpc) is 2.91. The molecule has 0 radical (unpaired) electrons. The van der Waals surface area contributed by atoms with Gasteiger partial charge in [-0.3, -0.25) is 9.59 Å². The molecule has 210 valence electrons. The van der Waals surface area contributed by atoms with Crippen LogP contribution in [0.5, 0.6) is 5.75 Å². The molecule has 39 heavy (non-hydrogen) atoms. The van der Waals surface area contributed by atoms with Gasteiger partial charge in [0.05, 0.1) is 6.04 Å². The van der Waals surface area contributed by atoms with E-state index in [2.05, 4.69) is 10.1 Å². The van der Waals surface area contributed by atoms with Crippen LogP contribution in [0.2, 0.25) is 10.0 Å². The number of likely N-dealkylation sites (tertiary alicyclic amines) is 1. The lowest BCUT2D eigenvalue weighted by Crippen LogP contribution is -2.48. The minimum absolute atomic E-state index is 0.0188. The number of carbonyl (C=O) groups excluding carboxylic acids is 4. The smallest absolute Gasteiger partial charge is 0.410 e. The van der Waals surface area contributed by atoms with Crippen LogP contribution in [0.1, 0.15) is 24.8 Å². The number of hydrogen-bond acceptors (Lipinski definition) is 6. The van der Waals surface area contributed by atoms with Crippen molar-refractivity contribution >= 4 is 47.3 Å². The van der Waals surface area contributed by atoms with Gasteiger partial charge in [-0.15, -0.1) is 0 Å². The van der Waals surface area contributed by atoms with Crippen LogP contribution in [-0.2, 0) is 25.7 Å². The Hall–Kier alpha value is -3.38. The monoisotopic (exact) mass is 592 g/mol. The minimum Gasteiger partial charge on any atom is -0.479 e. The number of hydrogen-bond donors (Lipinski definition) is 1. The van der Waals surface area contributed by atoms with Crippen LogP contribution in [0.25, 0.3) is 0 Å². The zero-order valence-electron chi connectivity index (χ0n) is 20.2. The first-order valence-corrected chi connectivity index (χ1v) is 12.4. The number of aldehydes is 1. The van der Waals surface area contributed by atoms with E-state index in [1.165, 1.54) is 11.0 Å². The zero-order valence-corrected chi connectivity index (χ0v) is 21.7. The zero-order chi connectivity index (χ0) is 28.7. The van der Waals surface area contributed by atoms with E-state index in [-0.39, 0.29) is 38.6 Å². The Labute approximate surface area is 230 Å². The molecule has 1 fully saturated rings. The molecule has 3 rings (SSSR count). The SMILES string of the molecule is O=CCC(NC(=O)C1CCN(C(=O)OCc2ccc(Cl)cc2Cl)CC1)C(=O)COc1c(F)c(F)cc(F)c1F. The highest BCUT2D eigenvalue weighted by atomic mass is 35.5. The number of benzene rings is 2. The number of ether oxygens (including phenoxy) is 2. The summed E-state index contributed by atoms with van der Waals surface area (Å²) < 4.78 is 64.1. The Bertz CT molecular complexity index is 1230. The molecule has 0 spiro atoms. The van der Waals surface area contributed by atoms with Crippen LogP contribution in [0, 0.1) is 29.2 Å². The number of ketones is 1. The summed E-state index contributed by atoms with van der Waals surface area (Å²) in [5.74, 6) is -10.7. The highest BCUT2D eigenvalue weighted by Crippen LogP contribution is 2.27. The molecule has 14 heteroatoms. The van der Waals surface area contributed by atoms with E-state index >= 15 is 0 Å². The van der Waals surface area contributed by atoms with Crippen molar-refractivity contribution in [3.8, 4) is 5.75 Å². The fourth-order valence-electron chi connectivity index (χ4n) is 3.77. The fourth-order valence-corrected chi connectivity index (χ4v) is 4.24. The molecule has 1 saturated heterocycles. The third kappa shape index (κ3) is 7.82. The molecule has 0 aliphatic carbocycles. The molecule has 2 aromatic carbocycles. The number of rotatable bonds is 10. The summed E-state index contributed by atoms with van der Waals surface area (Å²) in [5.41, 5.74) is 0.562. The van der Waals surface area contributed by atoms with Gasteiger partial charge >= 0.3 is 6.09 Å². The molecule has 2 amide bonds. The van der Waals surface area contributed by atoms with E-state index < -0.39 is 71.8 Å². The third-order valence-corrected chi connectivity index (χ3v) is 6.54. The molecular formula is C25H22Cl2F4N2O6. The Morgan fingerprint density at radius 1 is 1.05 bits per heavy atom. The summed E-state index contributed by atoms with van der Waals surface area (Å²) in [6.45, 7) is -0.810. The standard InChI is InChI=1S/C25H22Cl2F4N2O6/c26-15-2-1-14(16(27)9-15)11-39-25(37)33-6-3-13(4-7-33)24(36)32-19(5-8-34)20(35)12-38-23-21(30)17(28)10-18(29)22(23)31/h1-2,8-10,13,19H,3-7,11-12H2,(H,32,36). The summed E-state index contributed by atoms with van der Waals surface area (Å²) in [7, 11) is 0. The van der Waals surface area contributed by atoms with Crippen LogP contribution in [0.3, 0.4) is 0 Å². The van der Waals surface area contributed by atoms with Gasteiger partial charge in [0.2, 0.25) is 17.5 Å². The van der Waals surface area contributed by atoms with Gasteiger partial charge in [-0.1, -0.05) is 29.3 Å². The van der Waals surface area contributed by atoms with E-state index in [0.29, 0.717) is 21.9 Å². The predicted molar refractivity (Wildman–Crippen MR) is 130 cm³/mol. The lowest BCUT2D eigenvalue weighted by Gasteiger charge is -2.31. The molecule has 1 heterocycles. The number of Topliss-reactive ketones (excluding diaryl/α,β-unsaturated/α-hetero) is 1. The first kappa shape index (κ1) is 30.2. The summed E-state index contributed by atoms with van der Waals surface area (Å²) in [5, 5.41) is 3.16. The number of nitrogens with one attached hydrogen (secondary N) is 1. The Balaban J connectivity index is 1.50. The third-order valence-electron chi connectivity index (χ3n) is 5.96. The second-order valence-electron chi connectivity index (χ2n) is 8.57. The quantitative estimate of drug-likeness (QED) is 0.245. The number of amides is 2. The van der Waals surface area contributed by atoms with E-state index in [4.69, 9.17) is 27.9 Å². The topological polar surface area (TPSA) is 102 Å². The van der Waals surface area contributed by atoms with Gasteiger partial charge in [0, 0.05) is 47.1 Å². The Morgan fingerprint density at radius 2 is 1.69 bits per heavy atom. The minimum atomic E-state index is -1.83. The highest BCUT2D eigenvalue weighted by molar-refractivity contribution is 6.35. The second-order valence-corrected chi connectivity index (χ2v) is 9.41. The normalized spacial score (nSPS) is 14.5. The molecule has 1 aliphatic rings. The van der Waals surface area contributed by atoms with E-state index in [1.807, 2.05) is 0 Å². The van der Waals surface area contributed by atoms with Gasteiger partial charge in [-0.2, -0.15) is 8.78 Å². The number of halogens is 6. The van der Waals surface area contributed by atoms with Crippen molar-refractivity contribution in [1.82, 2.24) is 10.2 Å². The van der Waals surface area contributed by atoms with Crippen LogP contribution in [-0.4, -0.2) is 54.7 Å². The number of carbonyl (C=O) groups is 4. The molecule has 1 atom stereocenters. The van der Waals surface area contributed by atoms with Crippen LogP contribution in [0.15, 0.2) is 24.3 Å². The fraction of sp³-hybridized carbons (Fsp3) is 0.360. The summed E-state index contributed by atoms with van der Waals surface area (Å²) >= 11 is 11.9. The lowest BCUT2D eigenvalue weighted by molar-refractivity contribution is -0.132. The van der Waals surface area contributed by atoms with Crippen molar-refractivity contribution in [2.45, 2.75) is 31.9 Å².